The smallest absolute Gasteiger partial charge is 0.255 e. The van der Waals surface area contributed by atoms with Gasteiger partial charge >= 0.3 is 0 Å². The van der Waals surface area contributed by atoms with Crippen LogP contribution in [0.4, 0.5) is 13.2 Å². The Balaban J connectivity index is 0.00000220. The zero-order valence-electron chi connectivity index (χ0n) is 11.4. The Kier molecular flexibility index (Phi) is 6.98. The number of benzene rings is 1. The third-order valence-corrected chi connectivity index (χ3v) is 3.41. The number of carbonyl (C=O) groups excluding carboxylic acids is 1. The molecule has 1 aromatic rings. The van der Waals surface area contributed by atoms with E-state index in [1.165, 1.54) is 6.07 Å². The molecule has 2 rings (SSSR count). The Morgan fingerprint density at radius 3 is 2.57 bits per heavy atom. The van der Waals surface area contributed by atoms with E-state index in [-0.39, 0.29) is 23.9 Å². The topological polar surface area (TPSA) is 41.1 Å². The van der Waals surface area contributed by atoms with Crippen molar-refractivity contribution in [2.24, 2.45) is 0 Å². The maximum atomic E-state index is 13.6. The second-order valence-corrected chi connectivity index (χ2v) is 4.90. The van der Waals surface area contributed by atoms with Gasteiger partial charge in [0.15, 0.2) is 0 Å². The predicted octanol–water partition coefficient (Wildman–Crippen LogP) is 2.71. The molecule has 0 aromatic heterocycles. The minimum absolute atomic E-state index is 0. The quantitative estimate of drug-likeness (QED) is 0.895. The van der Waals surface area contributed by atoms with Gasteiger partial charge in [0, 0.05) is 5.56 Å². The average Bonchev–Trinajstić information content (AvgIpc) is 2.45. The summed E-state index contributed by atoms with van der Waals surface area (Å²) in [5.74, 6) is -0.975. The number of hydrogen-bond donors (Lipinski definition) is 2. The SMILES string of the molecule is Cl.O=C(NCC(F)F)c1cc(F)cc(C2CCNCC2)c1. The summed E-state index contributed by atoms with van der Waals surface area (Å²) < 4.78 is 37.7. The summed E-state index contributed by atoms with van der Waals surface area (Å²) in [6.07, 6.45) is -0.861. The van der Waals surface area contributed by atoms with Crippen molar-refractivity contribution in [2.75, 3.05) is 19.6 Å². The number of nitrogens with one attached hydrogen (secondary N) is 2. The Labute approximate surface area is 127 Å². The predicted molar refractivity (Wildman–Crippen MR) is 76.8 cm³/mol. The third kappa shape index (κ3) is 5.21. The lowest BCUT2D eigenvalue weighted by Gasteiger charge is -2.23. The van der Waals surface area contributed by atoms with Crippen LogP contribution >= 0.6 is 12.4 Å². The van der Waals surface area contributed by atoms with Crippen LogP contribution in [0.3, 0.4) is 0 Å². The van der Waals surface area contributed by atoms with E-state index in [9.17, 15) is 18.0 Å². The van der Waals surface area contributed by atoms with E-state index in [0.717, 1.165) is 37.6 Å². The summed E-state index contributed by atoms with van der Waals surface area (Å²) in [4.78, 5) is 11.7. The van der Waals surface area contributed by atoms with Gasteiger partial charge in [0.1, 0.15) is 5.82 Å². The van der Waals surface area contributed by atoms with Crippen LogP contribution in [-0.4, -0.2) is 32.0 Å². The second-order valence-electron chi connectivity index (χ2n) is 4.90. The zero-order valence-corrected chi connectivity index (χ0v) is 12.2. The van der Waals surface area contributed by atoms with Crippen LogP contribution in [0.15, 0.2) is 18.2 Å². The highest BCUT2D eigenvalue weighted by Gasteiger charge is 2.18. The molecule has 1 aliphatic rings. The molecule has 1 amide bonds. The number of hydrogen-bond acceptors (Lipinski definition) is 2. The van der Waals surface area contributed by atoms with Crippen LogP contribution in [0, 0.1) is 5.82 Å². The summed E-state index contributed by atoms with van der Waals surface area (Å²) in [6.45, 7) is 0.986. The van der Waals surface area contributed by atoms with Gasteiger partial charge in [-0.05, 0) is 55.6 Å². The molecule has 7 heteroatoms. The van der Waals surface area contributed by atoms with Crippen molar-refractivity contribution in [3.05, 3.63) is 35.1 Å². The molecule has 3 nitrogen and oxygen atoms in total. The average molecular weight is 323 g/mol. The van der Waals surface area contributed by atoms with Crippen LogP contribution in [0.25, 0.3) is 0 Å². The molecule has 1 aromatic carbocycles. The monoisotopic (exact) mass is 322 g/mol. The van der Waals surface area contributed by atoms with Gasteiger partial charge in [0.2, 0.25) is 0 Å². The zero-order chi connectivity index (χ0) is 14.5. The summed E-state index contributed by atoms with van der Waals surface area (Å²) >= 11 is 0. The van der Waals surface area contributed by atoms with E-state index >= 15 is 0 Å². The highest BCUT2D eigenvalue weighted by molar-refractivity contribution is 5.94. The number of carbonyl (C=O) groups is 1. The minimum Gasteiger partial charge on any atom is -0.346 e. The van der Waals surface area contributed by atoms with E-state index in [0.29, 0.717) is 0 Å². The molecule has 0 spiro atoms. The molecule has 0 unspecified atom stereocenters. The fourth-order valence-electron chi connectivity index (χ4n) is 2.41. The summed E-state index contributed by atoms with van der Waals surface area (Å²) in [6, 6.07) is 4.09. The number of alkyl halides is 2. The van der Waals surface area contributed by atoms with E-state index in [4.69, 9.17) is 0 Å². The second kappa shape index (κ2) is 8.24. The van der Waals surface area contributed by atoms with E-state index in [2.05, 4.69) is 10.6 Å². The van der Waals surface area contributed by atoms with Gasteiger partial charge in [-0.1, -0.05) is 0 Å². The number of amides is 1. The molecule has 0 aliphatic carbocycles. The first-order valence-electron chi connectivity index (χ1n) is 6.64. The van der Waals surface area contributed by atoms with Crippen molar-refractivity contribution >= 4 is 18.3 Å². The van der Waals surface area contributed by atoms with Gasteiger partial charge in [-0.3, -0.25) is 4.79 Å². The van der Waals surface area contributed by atoms with E-state index < -0.39 is 24.7 Å². The van der Waals surface area contributed by atoms with Gasteiger partial charge in [-0.25, -0.2) is 13.2 Å². The van der Waals surface area contributed by atoms with Crippen molar-refractivity contribution in [3.8, 4) is 0 Å². The van der Waals surface area contributed by atoms with Crippen molar-refractivity contribution < 1.29 is 18.0 Å². The highest BCUT2D eigenvalue weighted by Crippen LogP contribution is 2.26. The van der Waals surface area contributed by atoms with Crippen LogP contribution in [0.1, 0.15) is 34.7 Å². The summed E-state index contributed by atoms with van der Waals surface area (Å²) in [5, 5.41) is 5.30. The lowest BCUT2D eigenvalue weighted by atomic mass is 9.89. The van der Waals surface area contributed by atoms with Gasteiger partial charge in [0.05, 0.1) is 6.54 Å². The maximum Gasteiger partial charge on any atom is 0.255 e. The number of rotatable bonds is 4. The molecular formula is C14H18ClF3N2O. The summed E-state index contributed by atoms with van der Waals surface area (Å²) in [7, 11) is 0. The number of piperidine rings is 1. The molecule has 0 saturated carbocycles. The molecule has 0 radical (unpaired) electrons. The first-order valence-corrected chi connectivity index (χ1v) is 6.64. The van der Waals surface area contributed by atoms with E-state index in [1.807, 2.05) is 0 Å². The van der Waals surface area contributed by atoms with Crippen LogP contribution in [0.2, 0.25) is 0 Å². The van der Waals surface area contributed by atoms with Gasteiger partial charge in [-0.15, -0.1) is 12.4 Å². The third-order valence-electron chi connectivity index (χ3n) is 3.41. The van der Waals surface area contributed by atoms with Crippen LogP contribution in [-0.2, 0) is 0 Å². The van der Waals surface area contributed by atoms with Gasteiger partial charge < -0.3 is 10.6 Å². The standard InChI is InChI=1S/C14H17F3N2O.ClH/c15-12-6-10(9-1-3-18-4-2-9)5-11(7-12)14(20)19-8-13(16)17;/h5-7,9,13,18H,1-4,8H2,(H,19,20);1H. The fraction of sp³-hybridized carbons (Fsp3) is 0.500. The van der Waals surface area contributed by atoms with Gasteiger partial charge in [-0.2, -0.15) is 0 Å². The van der Waals surface area contributed by atoms with Gasteiger partial charge in [0.25, 0.3) is 12.3 Å². The lowest BCUT2D eigenvalue weighted by molar-refractivity contribution is 0.0891. The Hall–Kier alpha value is -1.27. The molecular weight excluding hydrogens is 305 g/mol. The normalized spacial score (nSPS) is 15.6. The molecule has 21 heavy (non-hydrogen) atoms. The Bertz CT molecular complexity index is 479. The molecule has 1 aliphatic heterocycles. The Morgan fingerprint density at radius 2 is 1.95 bits per heavy atom. The van der Waals surface area contributed by atoms with Crippen LogP contribution in [0.5, 0.6) is 0 Å². The molecule has 2 N–H and O–H groups in total. The maximum absolute atomic E-state index is 13.6. The first kappa shape index (κ1) is 17.8. The van der Waals surface area contributed by atoms with Crippen molar-refractivity contribution in [3.63, 3.8) is 0 Å². The largest absolute Gasteiger partial charge is 0.346 e. The Morgan fingerprint density at radius 1 is 1.29 bits per heavy atom. The molecule has 118 valence electrons. The molecule has 1 fully saturated rings. The highest BCUT2D eigenvalue weighted by atomic mass is 35.5. The molecule has 0 atom stereocenters. The number of halogens is 4. The minimum atomic E-state index is -2.61. The molecule has 0 bridgehead atoms. The van der Waals surface area contributed by atoms with Crippen molar-refractivity contribution in [2.45, 2.75) is 25.2 Å². The fourth-order valence-corrected chi connectivity index (χ4v) is 2.41. The molecule has 1 saturated heterocycles. The summed E-state index contributed by atoms with van der Waals surface area (Å²) in [5.41, 5.74) is 0.855. The first-order chi connectivity index (χ1) is 9.56. The van der Waals surface area contributed by atoms with Crippen molar-refractivity contribution in [1.82, 2.24) is 10.6 Å². The molecule has 1 heterocycles. The van der Waals surface area contributed by atoms with Crippen molar-refractivity contribution in [1.29, 1.82) is 0 Å². The van der Waals surface area contributed by atoms with Crippen LogP contribution < -0.4 is 10.6 Å². The lowest BCUT2D eigenvalue weighted by Crippen LogP contribution is -2.29. The van der Waals surface area contributed by atoms with E-state index in [1.54, 1.807) is 6.07 Å².